The van der Waals surface area contributed by atoms with Crippen LogP contribution in [0.5, 0.6) is 0 Å². The summed E-state index contributed by atoms with van der Waals surface area (Å²) in [6.07, 6.45) is 2.76. The number of allylic oxidation sites excluding steroid dienone is 1. The fourth-order valence-electron chi connectivity index (χ4n) is 1.49. The van der Waals surface area contributed by atoms with E-state index in [1.165, 1.54) is 6.21 Å². The number of aliphatic hydroxyl groups excluding tert-OH is 1. The van der Waals surface area contributed by atoms with Crippen LogP contribution >= 0.6 is 0 Å². The molecule has 1 unspecified atom stereocenters. The predicted octanol–water partition coefficient (Wildman–Crippen LogP) is -1.87. The highest BCUT2D eigenvalue weighted by Crippen LogP contribution is 2.12. The zero-order chi connectivity index (χ0) is 10.8. The highest BCUT2D eigenvalue weighted by atomic mass is 16.3. The number of rotatable bonds is 2. The van der Waals surface area contributed by atoms with E-state index in [2.05, 4.69) is 15.6 Å². The fraction of sp³-hybridized carbons (Fsp3) is 0.500. The molecule has 0 aromatic heterocycles. The number of nitrogens with zero attached hydrogens (tertiary/aromatic N) is 2. The summed E-state index contributed by atoms with van der Waals surface area (Å²) in [6, 6.07) is -0.618. The highest BCUT2D eigenvalue weighted by Gasteiger charge is 2.30. The lowest BCUT2D eigenvalue weighted by Gasteiger charge is -2.40. The van der Waals surface area contributed by atoms with Crippen molar-refractivity contribution in [3.05, 3.63) is 11.9 Å². The molecule has 2 amide bonds. The van der Waals surface area contributed by atoms with Crippen LogP contribution in [0, 0.1) is 0 Å². The second-order valence-corrected chi connectivity index (χ2v) is 3.52. The third kappa shape index (κ3) is 2.25. The maximum atomic E-state index is 10.5. The van der Waals surface area contributed by atoms with Crippen molar-refractivity contribution < 1.29 is 9.90 Å². The number of nitrogens with two attached hydrogens (primary N) is 1. The monoisotopic (exact) mass is 211 g/mol. The Morgan fingerprint density at radius 2 is 2.47 bits per heavy atom. The number of β-amino-alcohol motifs (C(OH)–C–C–N with tert-alkyl or cyclic N) is 1. The fourth-order valence-corrected chi connectivity index (χ4v) is 1.49. The van der Waals surface area contributed by atoms with E-state index in [-0.39, 0.29) is 12.4 Å². The molecule has 0 spiro atoms. The van der Waals surface area contributed by atoms with Gasteiger partial charge in [-0.3, -0.25) is 9.89 Å². The van der Waals surface area contributed by atoms with Gasteiger partial charge >= 0.3 is 6.03 Å². The van der Waals surface area contributed by atoms with Gasteiger partial charge in [0.1, 0.15) is 0 Å². The van der Waals surface area contributed by atoms with Gasteiger partial charge in [-0.2, -0.15) is 0 Å². The average molecular weight is 211 g/mol. The Hall–Kier alpha value is -1.60. The minimum atomic E-state index is -0.618. The molecule has 15 heavy (non-hydrogen) atoms. The van der Waals surface area contributed by atoms with Crippen LogP contribution in [-0.4, -0.2) is 47.7 Å². The molecule has 2 aliphatic rings. The van der Waals surface area contributed by atoms with Crippen molar-refractivity contribution in [1.29, 1.82) is 0 Å². The Labute approximate surface area is 86.6 Å². The van der Waals surface area contributed by atoms with E-state index in [0.717, 1.165) is 0 Å². The van der Waals surface area contributed by atoms with E-state index >= 15 is 0 Å². The number of hydrogen-bond donors (Lipinski definition) is 4. The summed E-state index contributed by atoms with van der Waals surface area (Å²) < 4.78 is 0. The van der Waals surface area contributed by atoms with Gasteiger partial charge in [-0.15, -0.1) is 0 Å². The third-order valence-electron chi connectivity index (χ3n) is 2.25. The molecule has 0 saturated carbocycles. The average Bonchev–Trinajstić information content (AvgIpc) is 2.14. The van der Waals surface area contributed by atoms with Crippen molar-refractivity contribution in [3.63, 3.8) is 0 Å². The second kappa shape index (κ2) is 3.87. The largest absolute Gasteiger partial charge is 0.390 e. The molecule has 7 nitrogen and oxygen atoms in total. The van der Waals surface area contributed by atoms with Crippen molar-refractivity contribution in [2.75, 3.05) is 13.1 Å². The van der Waals surface area contributed by atoms with Gasteiger partial charge in [-0.05, 0) is 0 Å². The summed E-state index contributed by atoms with van der Waals surface area (Å²) in [5.74, 6) is 0. The van der Waals surface area contributed by atoms with Gasteiger partial charge in [-0.1, -0.05) is 0 Å². The molecule has 0 aliphatic carbocycles. The smallest absolute Gasteiger partial charge is 0.316 e. The molecule has 2 heterocycles. The van der Waals surface area contributed by atoms with E-state index in [1.807, 2.05) is 4.90 Å². The highest BCUT2D eigenvalue weighted by molar-refractivity contribution is 5.86. The van der Waals surface area contributed by atoms with Gasteiger partial charge in [0, 0.05) is 19.3 Å². The zero-order valence-electron chi connectivity index (χ0n) is 8.05. The number of amides is 2. The van der Waals surface area contributed by atoms with Gasteiger partial charge in [0.05, 0.1) is 18.0 Å². The van der Waals surface area contributed by atoms with Gasteiger partial charge in [-0.25, -0.2) is 4.79 Å². The SMILES string of the molecule is NC(=O)NC1=CNC(N2CC(O)C2)N=C1. The first kappa shape index (κ1) is 9.94. The van der Waals surface area contributed by atoms with Crippen molar-refractivity contribution in [1.82, 2.24) is 15.5 Å². The van der Waals surface area contributed by atoms with Gasteiger partial charge in [0.2, 0.25) is 0 Å². The van der Waals surface area contributed by atoms with E-state index in [1.54, 1.807) is 6.20 Å². The Balaban J connectivity index is 1.84. The summed E-state index contributed by atoms with van der Waals surface area (Å²) >= 11 is 0. The van der Waals surface area contributed by atoms with Crippen LogP contribution in [0.1, 0.15) is 0 Å². The van der Waals surface area contributed by atoms with E-state index in [9.17, 15) is 4.79 Å². The normalized spacial score (nSPS) is 26.5. The number of nitrogens with one attached hydrogen (secondary N) is 2. The summed E-state index contributed by atoms with van der Waals surface area (Å²) in [7, 11) is 0. The van der Waals surface area contributed by atoms with Crippen LogP contribution in [0.3, 0.4) is 0 Å². The van der Waals surface area contributed by atoms with Gasteiger partial charge in [0.25, 0.3) is 0 Å². The third-order valence-corrected chi connectivity index (χ3v) is 2.25. The first-order chi connectivity index (χ1) is 7.15. The molecular weight excluding hydrogens is 198 g/mol. The van der Waals surface area contributed by atoms with E-state index in [0.29, 0.717) is 18.8 Å². The quantitative estimate of drug-likeness (QED) is 0.429. The first-order valence-corrected chi connectivity index (χ1v) is 4.63. The van der Waals surface area contributed by atoms with Crippen LogP contribution in [-0.2, 0) is 0 Å². The molecule has 0 aromatic rings. The van der Waals surface area contributed by atoms with Gasteiger partial charge < -0.3 is 21.5 Å². The number of aliphatic imine (C=N–C) groups is 1. The number of aliphatic hydroxyl groups is 1. The Kier molecular flexibility index (Phi) is 2.57. The van der Waals surface area contributed by atoms with Gasteiger partial charge in [0.15, 0.2) is 6.29 Å². The summed E-state index contributed by atoms with van der Waals surface area (Å²) in [6.45, 7) is 1.23. The predicted molar refractivity (Wildman–Crippen MR) is 53.8 cm³/mol. The Bertz CT molecular complexity index is 321. The molecule has 2 rings (SSSR count). The molecule has 82 valence electrons. The van der Waals surface area contributed by atoms with E-state index in [4.69, 9.17) is 10.8 Å². The molecule has 5 N–H and O–H groups in total. The molecule has 0 aromatic carbocycles. The minimum absolute atomic E-state index is 0.160. The molecule has 1 atom stereocenters. The van der Waals surface area contributed by atoms with Crippen molar-refractivity contribution >= 4 is 12.2 Å². The van der Waals surface area contributed by atoms with Crippen LogP contribution in [0.4, 0.5) is 4.79 Å². The zero-order valence-corrected chi connectivity index (χ0v) is 8.05. The maximum Gasteiger partial charge on any atom is 0.316 e. The van der Waals surface area contributed by atoms with Crippen LogP contribution in [0.25, 0.3) is 0 Å². The number of carbonyl (C=O) groups is 1. The number of urea groups is 1. The standard InChI is InChI=1S/C8H13N5O2/c9-7(15)12-5-1-10-8(11-2-5)13-3-6(14)4-13/h1-2,6,8,10,14H,3-4H2,(H3,9,12,15). The molecule has 7 heteroatoms. The van der Waals surface area contributed by atoms with Crippen molar-refractivity contribution in [2.45, 2.75) is 12.4 Å². The lowest BCUT2D eigenvalue weighted by molar-refractivity contribution is -0.0279. The Morgan fingerprint density at radius 3 is 2.93 bits per heavy atom. The van der Waals surface area contributed by atoms with Crippen molar-refractivity contribution in [3.8, 4) is 0 Å². The number of likely N-dealkylation sites (tertiary alicyclic amines) is 1. The Morgan fingerprint density at radius 1 is 1.73 bits per heavy atom. The molecule has 2 aliphatic heterocycles. The topological polar surface area (TPSA) is 103 Å². The van der Waals surface area contributed by atoms with Crippen LogP contribution in [0.15, 0.2) is 16.9 Å². The lowest BCUT2D eigenvalue weighted by atomic mass is 10.2. The first-order valence-electron chi connectivity index (χ1n) is 4.63. The van der Waals surface area contributed by atoms with Crippen molar-refractivity contribution in [2.24, 2.45) is 10.7 Å². The summed E-state index contributed by atoms with van der Waals surface area (Å²) in [4.78, 5) is 16.7. The molecule has 1 fully saturated rings. The summed E-state index contributed by atoms with van der Waals surface area (Å²) in [5.41, 5.74) is 5.48. The van der Waals surface area contributed by atoms with Crippen LogP contribution in [0.2, 0.25) is 0 Å². The van der Waals surface area contributed by atoms with Crippen LogP contribution < -0.4 is 16.4 Å². The molecular formula is C8H13N5O2. The molecule has 1 saturated heterocycles. The molecule has 0 radical (unpaired) electrons. The minimum Gasteiger partial charge on any atom is -0.390 e. The maximum absolute atomic E-state index is 10.5. The summed E-state index contributed by atoms with van der Waals surface area (Å²) in [5, 5.41) is 14.5. The molecule has 0 bridgehead atoms. The number of hydrogen-bond acceptors (Lipinski definition) is 5. The number of carbonyl (C=O) groups excluding carboxylic acids is 1. The second-order valence-electron chi connectivity index (χ2n) is 3.52. The lowest BCUT2D eigenvalue weighted by Crippen LogP contribution is -2.59. The van der Waals surface area contributed by atoms with E-state index < -0.39 is 6.03 Å². The number of primary amides is 1.